The Morgan fingerprint density at radius 1 is 1.36 bits per heavy atom. The van der Waals surface area contributed by atoms with E-state index in [1.165, 1.54) is 7.05 Å². The summed E-state index contributed by atoms with van der Waals surface area (Å²) in [6.07, 6.45) is 0. The number of rotatable bonds is 3. The van der Waals surface area contributed by atoms with Crippen molar-refractivity contribution >= 4 is 31.9 Å². The SMILES string of the molecule is Cc1ccccc1S(=O)(=O)N(C)SCl. The second-order valence-electron chi connectivity index (χ2n) is 2.75. The van der Waals surface area contributed by atoms with Gasteiger partial charge in [0.2, 0.25) is 0 Å². The highest BCUT2D eigenvalue weighted by Crippen LogP contribution is 2.25. The minimum Gasteiger partial charge on any atom is -0.206 e. The molecule has 0 N–H and O–H groups in total. The summed E-state index contributed by atoms with van der Waals surface area (Å²) >= 11 is 0.653. The smallest absolute Gasteiger partial charge is 0.206 e. The molecule has 0 aromatic heterocycles. The average molecular weight is 252 g/mol. The fraction of sp³-hybridized carbons (Fsp3) is 0.250. The molecule has 3 nitrogen and oxygen atoms in total. The van der Waals surface area contributed by atoms with Crippen LogP contribution in [0.5, 0.6) is 0 Å². The van der Waals surface area contributed by atoms with Crippen molar-refractivity contribution in [1.29, 1.82) is 0 Å². The first kappa shape index (κ1) is 11.8. The van der Waals surface area contributed by atoms with Crippen molar-refractivity contribution in [2.24, 2.45) is 0 Å². The maximum absolute atomic E-state index is 11.8. The van der Waals surface area contributed by atoms with Crippen molar-refractivity contribution in [1.82, 2.24) is 3.71 Å². The second kappa shape index (κ2) is 4.53. The molecule has 0 aliphatic heterocycles. The third-order valence-electron chi connectivity index (χ3n) is 1.81. The summed E-state index contributed by atoms with van der Waals surface area (Å²) in [4.78, 5) is 0.288. The summed E-state index contributed by atoms with van der Waals surface area (Å²) < 4.78 is 24.6. The van der Waals surface area contributed by atoms with Crippen LogP contribution in [0.3, 0.4) is 0 Å². The van der Waals surface area contributed by atoms with E-state index in [-0.39, 0.29) is 4.90 Å². The first-order valence-electron chi connectivity index (χ1n) is 3.83. The van der Waals surface area contributed by atoms with Gasteiger partial charge in [0, 0.05) is 18.2 Å². The number of nitrogens with zero attached hydrogens (tertiary/aromatic N) is 1. The minimum absolute atomic E-state index is 0.288. The number of hydrogen-bond acceptors (Lipinski definition) is 3. The van der Waals surface area contributed by atoms with Crippen LogP contribution in [0, 0.1) is 6.92 Å². The molecular formula is C8H10ClNO2S2. The molecule has 0 unspecified atom stereocenters. The zero-order valence-corrected chi connectivity index (χ0v) is 10.2. The van der Waals surface area contributed by atoms with E-state index in [1.807, 2.05) is 0 Å². The minimum atomic E-state index is -3.46. The first-order chi connectivity index (χ1) is 6.50. The Morgan fingerprint density at radius 3 is 2.43 bits per heavy atom. The zero-order valence-electron chi connectivity index (χ0n) is 7.77. The van der Waals surface area contributed by atoms with E-state index in [2.05, 4.69) is 0 Å². The molecule has 1 rings (SSSR count). The van der Waals surface area contributed by atoms with Crippen LogP contribution in [-0.2, 0) is 10.0 Å². The van der Waals surface area contributed by atoms with Gasteiger partial charge in [-0.25, -0.2) is 8.42 Å². The van der Waals surface area contributed by atoms with Crippen molar-refractivity contribution < 1.29 is 8.42 Å². The molecule has 6 heteroatoms. The third-order valence-corrected chi connectivity index (χ3v) is 5.37. The molecule has 0 bridgehead atoms. The molecule has 0 saturated carbocycles. The summed E-state index contributed by atoms with van der Waals surface area (Å²) in [5.74, 6) is 0. The van der Waals surface area contributed by atoms with Gasteiger partial charge in [-0.1, -0.05) is 18.2 Å². The van der Waals surface area contributed by atoms with Gasteiger partial charge in [0.05, 0.1) is 4.90 Å². The Bertz CT molecular complexity index is 419. The van der Waals surface area contributed by atoms with Gasteiger partial charge in [0.15, 0.2) is 0 Å². The molecule has 0 heterocycles. The van der Waals surface area contributed by atoms with E-state index in [4.69, 9.17) is 10.7 Å². The summed E-state index contributed by atoms with van der Waals surface area (Å²) in [6.45, 7) is 1.75. The predicted molar refractivity (Wildman–Crippen MR) is 59.6 cm³/mol. The second-order valence-corrected chi connectivity index (χ2v) is 6.02. The Morgan fingerprint density at radius 2 is 1.93 bits per heavy atom. The standard InChI is InChI=1S/C8H10ClNO2S2/c1-7-5-3-4-6-8(7)14(11,12)10(2)13-9/h3-6H,1-2H3. The van der Waals surface area contributed by atoms with Gasteiger partial charge in [0.1, 0.15) is 0 Å². The fourth-order valence-corrected chi connectivity index (χ4v) is 3.23. The maximum Gasteiger partial charge on any atom is 0.253 e. The molecule has 78 valence electrons. The molecule has 0 spiro atoms. The Hall–Kier alpha value is -0.230. The topological polar surface area (TPSA) is 37.4 Å². The van der Waals surface area contributed by atoms with Crippen molar-refractivity contribution in [2.75, 3.05) is 7.05 Å². The highest BCUT2D eigenvalue weighted by atomic mass is 35.7. The van der Waals surface area contributed by atoms with Gasteiger partial charge in [0.25, 0.3) is 10.0 Å². The van der Waals surface area contributed by atoms with Crippen LogP contribution in [0.4, 0.5) is 0 Å². The highest BCUT2D eigenvalue weighted by Gasteiger charge is 2.22. The molecule has 0 aliphatic carbocycles. The van der Waals surface area contributed by atoms with E-state index in [1.54, 1.807) is 31.2 Å². The molecule has 0 radical (unpaired) electrons. The summed E-state index contributed by atoms with van der Waals surface area (Å²) in [5, 5.41) is 0. The quantitative estimate of drug-likeness (QED) is 0.775. The van der Waals surface area contributed by atoms with Gasteiger partial charge < -0.3 is 0 Å². The number of hydrogen-bond donors (Lipinski definition) is 0. The van der Waals surface area contributed by atoms with E-state index in [0.717, 1.165) is 3.71 Å². The van der Waals surface area contributed by atoms with Gasteiger partial charge in [-0.05, 0) is 29.2 Å². The lowest BCUT2D eigenvalue weighted by Crippen LogP contribution is -2.19. The van der Waals surface area contributed by atoms with E-state index in [9.17, 15) is 8.42 Å². The fourth-order valence-electron chi connectivity index (χ4n) is 1.02. The number of aryl methyl sites for hydroxylation is 1. The van der Waals surface area contributed by atoms with Gasteiger partial charge in [-0.15, -0.1) is 3.71 Å². The lowest BCUT2D eigenvalue weighted by atomic mass is 10.2. The highest BCUT2D eigenvalue weighted by molar-refractivity contribution is 8.24. The number of benzene rings is 1. The van der Waals surface area contributed by atoms with Gasteiger partial charge >= 0.3 is 0 Å². The van der Waals surface area contributed by atoms with E-state index >= 15 is 0 Å². The largest absolute Gasteiger partial charge is 0.253 e. The molecule has 1 aromatic carbocycles. The molecule has 0 fully saturated rings. The molecule has 1 aromatic rings. The van der Waals surface area contributed by atoms with Crippen LogP contribution in [0.15, 0.2) is 29.2 Å². The lowest BCUT2D eigenvalue weighted by molar-refractivity contribution is 0.564. The van der Waals surface area contributed by atoms with Crippen LogP contribution in [0.2, 0.25) is 0 Å². The normalized spacial score (nSPS) is 12.0. The maximum atomic E-state index is 11.8. The summed E-state index contributed by atoms with van der Waals surface area (Å²) in [7, 11) is 3.36. The Balaban J connectivity index is 3.24. The molecule has 0 saturated heterocycles. The van der Waals surface area contributed by atoms with Crippen LogP contribution < -0.4 is 0 Å². The van der Waals surface area contributed by atoms with Crippen LogP contribution in [0.1, 0.15) is 5.56 Å². The van der Waals surface area contributed by atoms with Gasteiger partial charge in [-0.2, -0.15) is 0 Å². The predicted octanol–water partition coefficient (Wildman–Crippen LogP) is 2.42. The summed E-state index contributed by atoms with van der Waals surface area (Å²) in [5.41, 5.74) is 0.713. The van der Waals surface area contributed by atoms with E-state index in [0.29, 0.717) is 16.7 Å². The zero-order chi connectivity index (χ0) is 10.8. The van der Waals surface area contributed by atoms with Crippen molar-refractivity contribution in [3.8, 4) is 0 Å². The number of sulfonamides is 1. The molecule has 0 aliphatic rings. The van der Waals surface area contributed by atoms with E-state index < -0.39 is 10.0 Å². The third kappa shape index (κ3) is 2.23. The van der Waals surface area contributed by atoms with Crippen LogP contribution >= 0.6 is 21.8 Å². The summed E-state index contributed by atoms with van der Waals surface area (Å²) in [6, 6.07) is 6.79. The van der Waals surface area contributed by atoms with Crippen molar-refractivity contribution in [2.45, 2.75) is 11.8 Å². The number of halogens is 1. The molecule has 14 heavy (non-hydrogen) atoms. The molecular weight excluding hydrogens is 242 g/mol. The Labute approximate surface area is 92.7 Å². The molecule has 0 atom stereocenters. The first-order valence-corrected chi connectivity index (χ1v) is 6.87. The molecule has 0 amide bonds. The van der Waals surface area contributed by atoms with Gasteiger partial charge in [-0.3, -0.25) is 0 Å². The van der Waals surface area contributed by atoms with Crippen molar-refractivity contribution in [3.05, 3.63) is 29.8 Å². The van der Waals surface area contributed by atoms with Crippen molar-refractivity contribution in [3.63, 3.8) is 0 Å². The monoisotopic (exact) mass is 251 g/mol. The van der Waals surface area contributed by atoms with Crippen LogP contribution in [-0.4, -0.2) is 19.2 Å². The average Bonchev–Trinajstić information content (AvgIpc) is 2.17. The Kier molecular flexibility index (Phi) is 3.83. The lowest BCUT2D eigenvalue weighted by Gasteiger charge is -2.13. The van der Waals surface area contributed by atoms with Crippen LogP contribution in [0.25, 0.3) is 0 Å².